The fourth-order valence-electron chi connectivity index (χ4n) is 3.45. The third-order valence-electron chi connectivity index (χ3n) is 4.78. The number of carbonyl (C=O) groups is 2. The Kier molecular flexibility index (Phi) is 5.72. The number of nitrogens with zero attached hydrogens (tertiary/aromatic N) is 1. The molecule has 1 fully saturated rings. The summed E-state index contributed by atoms with van der Waals surface area (Å²) in [6.45, 7) is 1.37. The number of aliphatic hydroxyl groups is 1. The SMILES string of the molecule is C[NH+](C)CCCN1C(=O)C(=O)C(=C(O)c2ccccc2)C1c1ccccc1. The highest BCUT2D eigenvalue weighted by Gasteiger charge is 2.45. The van der Waals surface area contributed by atoms with E-state index in [1.165, 1.54) is 4.90 Å². The van der Waals surface area contributed by atoms with Gasteiger partial charge in [-0.2, -0.15) is 0 Å². The first-order valence-electron chi connectivity index (χ1n) is 9.18. The van der Waals surface area contributed by atoms with Gasteiger partial charge in [-0.1, -0.05) is 60.7 Å². The van der Waals surface area contributed by atoms with Crippen molar-refractivity contribution >= 4 is 17.4 Å². The second-order valence-corrected chi connectivity index (χ2v) is 7.08. The van der Waals surface area contributed by atoms with E-state index in [9.17, 15) is 14.7 Å². The molecule has 0 radical (unpaired) electrons. The largest absolute Gasteiger partial charge is 0.507 e. The van der Waals surface area contributed by atoms with Crippen molar-refractivity contribution < 1.29 is 19.6 Å². The van der Waals surface area contributed by atoms with Crippen molar-refractivity contribution in [3.8, 4) is 0 Å². The van der Waals surface area contributed by atoms with Crippen molar-refractivity contribution in [2.24, 2.45) is 0 Å². The summed E-state index contributed by atoms with van der Waals surface area (Å²) in [5, 5.41) is 10.8. The number of benzene rings is 2. The zero-order valence-corrected chi connectivity index (χ0v) is 15.7. The zero-order chi connectivity index (χ0) is 19.4. The molecule has 5 heteroatoms. The van der Waals surface area contributed by atoms with Crippen molar-refractivity contribution in [1.29, 1.82) is 0 Å². The third kappa shape index (κ3) is 3.93. The van der Waals surface area contributed by atoms with E-state index in [1.807, 2.05) is 36.4 Å². The Balaban J connectivity index is 2.05. The number of quaternary nitrogens is 1. The van der Waals surface area contributed by atoms with Gasteiger partial charge in [-0.05, 0) is 5.56 Å². The smallest absolute Gasteiger partial charge is 0.295 e. The lowest BCUT2D eigenvalue weighted by molar-refractivity contribution is -0.858. The topological polar surface area (TPSA) is 62.0 Å². The molecule has 1 aliphatic rings. The first kappa shape index (κ1) is 18.9. The normalized spacial score (nSPS) is 19.1. The number of Topliss-reactive ketones (excluding diaryl/α,β-unsaturated/α-hetero) is 1. The lowest BCUT2D eigenvalue weighted by Crippen LogP contribution is -3.05. The molecule has 0 aliphatic carbocycles. The van der Waals surface area contributed by atoms with E-state index in [4.69, 9.17) is 0 Å². The summed E-state index contributed by atoms with van der Waals surface area (Å²) < 4.78 is 0. The van der Waals surface area contributed by atoms with E-state index in [-0.39, 0.29) is 11.3 Å². The Morgan fingerprint density at radius 1 is 1.00 bits per heavy atom. The van der Waals surface area contributed by atoms with Crippen molar-refractivity contribution in [3.05, 3.63) is 77.4 Å². The molecule has 0 bridgehead atoms. The number of hydrogen-bond acceptors (Lipinski definition) is 3. The quantitative estimate of drug-likeness (QED) is 0.465. The lowest BCUT2D eigenvalue weighted by atomic mass is 9.95. The molecule has 5 nitrogen and oxygen atoms in total. The fourth-order valence-corrected chi connectivity index (χ4v) is 3.45. The van der Waals surface area contributed by atoms with Gasteiger partial charge in [0.25, 0.3) is 11.7 Å². The maximum Gasteiger partial charge on any atom is 0.295 e. The molecule has 1 amide bonds. The molecule has 3 rings (SSSR count). The van der Waals surface area contributed by atoms with Crippen LogP contribution in [0.15, 0.2) is 66.2 Å². The number of amides is 1. The second kappa shape index (κ2) is 8.18. The maximum absolute atomic E-state index is 12.8. The van der Waals surface area contributed by atoms with Crippen LogP contribution in [0.3, 0.4) is 0 Å². The van der Waals surface area contributed by atoms with Crippen LogP contribution in [0.5, 0.6) is 0 Å². The summed E-state index contributed by atoms with van der Waals surface area (Å²) >= 11 is 0. The van der Waals surface area contributed by atoms with Crippen LogP contribution in [-0.4, -0.2) is 48.9 Å². The van der Waals surface area contributed by atoms with Crippen molar-refractivity contribution in [1.82, 2.24) is 4.90 Å². The number of likely N-dealkylation sites (tertiary alicyclic amines) is 1. The Hall–Kier alpha value is -2.92. The van der Waals surface area contributed by atoms with E-state index in [1.54, 1.807) is 29.2 Å². The predicted molar refractivity (Wildman–Crippen MR) is 104 cm³/mol. The van der Waals surface area contributed by atoms with Crippen LogP contribution >= 0.6 is 0 Å². The molecule has 27 heavy (non-hydrogen) atoms. The van der Waals surface area contributed by atoms with E-state index >= 15 is 0 Å². The van der Waals surface area contributed by atoms with Crippen LogP contribution in [-0.2, 0) is 9.59 Å². The minimum Gasteiger partial charge on any atom is -0.507 e. The third-order valence-corrected chi connectivity index (χ3v) is 4.78. The molecular formula is C22H25N2O3+. The number of aliphatic hydroxyl groups excluding tert-OH is 1. The molecule has 1 aliphatic heterocycles. The van der Waals surface area contributed by atoms with Gasteiger partial charge in [-0.3, -0.25) is 9.59 Å². The summed E-state index contributed by atoms with van der Waals surface area (Å²) in [6.07, 6.45) is 0.782. The van der Waals surface area contributed by atoms with Crippen molar-refractivity contribution in [2.45, 2.75) is 12.5 Å². The van der Waals surface area contributed by atoms with Gasteiger partial charge in [0, 0.05) is 18.5 Å². The molecule has 1 saturated heterocycles. The molecular weight excluding hydrogens is 340 g/mol. The second-order valence-electron chi connectivity index (χ2n) is 7.08. The highest BCUT2D eigenvalue weighted by Crippen LogP contribution is 2.39. The molecule has 140 valence electrons. The standard InChI is InChI=1S/C22H24N2O3/c1-23(2)14-9-15-24-19(16-10-5-3-6-11-16)18(21(26)22(24)27)20(25)17-12-7-4-8-13-17/h3-8,10-13,19,25H,9,14-15H2,1-2H3/p+1. The van der Waals surface area contributed by atoms with Gasteiger partial charge in [0.2, 0.25) is 0 Å². The van der Waals surface area contributed by atoms with Crippen LogP contribution in [0.1, 0.15) is 23.6 Å². The van der Waals surface area contributed by atoms with E-state index in [0.29, 0.717) is 12.1 Å². The highest BCUT2D eigenvalue weighted by atomic mass is 16.3. The number of hydrogen-bond donors (Lipinski definition) is 2. The predicted octanol–water partition coefficient (Wildman–Crippen LogP) is 1.64. The van der Waals surface area contributed by atoms with Gasteiger partial charge in [0.15, 0.2) is 0 Å². The van der Waals surface area contributed by atoms with Gasteiger partial charge in [-0.15, -0.1) is 0 Å². The first-order chi connectivity index (χ1) is 13.0. The van der Waals surface area contributed by atoms with Gasteiger partial charge in [-0.25, -0.2) is 0 Å². The molecule has 0 spiro atoms. The number of rotatable bonds is 6. The van der Waals surface area contributed by atoms with Gasteiger partial charge in [0.05, 0.1) is 32.3 Å². The van der Waals surface area contributed by atoms with Crippen LogP contribution in [0.2, 0.25) is 0 Å². The molecule has 1 atom stereocenters. The minimum atomic E-state index is -0.623. The molecule has 2 N–H and O–H groups in total. The Labute approximate surface area is 159 Å². The molecule has 2 aromatic rings. The van der Waals surface area contributed by atoms with Gasteiger partial charge in [0.1, 0.15) is 5.76 Å². The molecule has 0 saturated carbocycles. The van der Waals surface area contributed by atoms with Crippen LogP contribution in [0, 0.1) is 0 Å². The number of carbonyl (C=O) groups excluding carboxylic acids is 2. The molecule has 2 aromatic carbocycles. The molecule has 1 heterocycles. The van der Waals surface area contributed by atoms with Gasteiger partial charge < -0.3 is 14.9 Å². The fraction of sp³-hybridized carbons (Fsp3) is 0.273. The van der Waals surface area contributed by atoms with E-state index in [2.05, 4.69) is 14.1 Å². The summed E-state index contributed by atoms with van der Waals surface area (Å²) in [5.41, 5.74) is 1.52. The Bertz CT molecular complexity index is 844. The summed E-state index contributed by atoms with van der Waals surface area (Å²) in [7, 11) is 4.11. The van der Waals surface area contributed by atoms with E-state index < -0.39 is 17.7 Å². The maximum atomic E-state index is 12.8. The van der Waals surface area contributed by atoms with Crippen LogP contribution in [0.25, 0.3) is 5.76 Å². The van der Waals surface area contributed by atoms with Crippen LogP contribution < -0.4 is 4.90 Å². The summed E-state index contributed by atoms with van der Waals surface area (Å²) in [5.74, 6) is -1.29. The van der Waals surface area contributed by atoms with Gasteiger partial charge >= 0.3 is 0 Å². The zero-order valence-electron chi connectivity index (χ0n) is 15.7. The highest BCUT2D eigenvalue weighted by molar-refractivity contribution is 6.46. The van der Waals surface area contributed by atoms with Crippen LogP contribution in [0.4, 0.5) is 0 Å². The number of nitrogens with one attached hydrogen (secondary N) is 1. The summed E-state index contributed by atoms with van der Waals surface area (Å²) in [6, 6.07) is 17.8. The Morgan fingerprint density at radius 3 is 2.19 bits per heavy atom. The minimum absolute atomic E-state index is 0.122. The van der Waals surface area contributed by atoms with Crippen molar-refractivity contribution in [3.63, 3.8) is 0 Å². The van der Waals surface area contributed by atoms with E-state index in [0.717, 1.165) is 18.5 Å². The van der Waals surface area contributed by atoms with Crippen molar-refractivity contribution in [2.75, 3.05) is 27.2 Å². The first-order valence-corrected chi connectivity index (χ1v) is 9.18. The molecule has 1 unspecified atom stereocenters. The lowest BCUT2D eigenvalue weighted by Gasteiger charge is -2.25. The summed E-state index contributed by atoms with van der Waals surface area (Å²) in [4.78, 5) is 28.4. The number of ketones is 1. The molecule has 0 aromatic heterocycles. The monoisotopic (exact) mass is 365 g/mol. The average Bonchev–Trinajstić information content (AvgIpc) is 2.93. The average molecular weight is 365 g/mol. The Morgan fingerprint density at radius 2 is 1.59 bits per heavy atom.